The van der Waals surface area contributed by atoms with Gasteiger partial charge >= 0.3 is 0 Å². The lowest BCUT2D eigenvalue weighted by Crippen LogP contribution is -2.30. The van der Waals surface area contributed by atoms with Gasteiger partial charge in [-0.15, -0.1) is 12.4 Å². The summed E-state index contributed by atoms with van der Waals surface area (Å²) in [7, 11) is 0. The average Bonchev–Trinajstić information content (AvgIpc) is 3.14. The van der Waals surface area contributed by atoms with Gasteiger partial charge in [0.05, 0.1) is 11.1 Å². The first kappa shape index (κ1) is 15.8. The van der Waals surface area contributed by atoms with E-state index in [1.807, 2.05) is 24.3 Å². The number of aromatic nitrogens is 2. The number of benzene rings is 1. The second-order valence-electron chi connectivity index (χ2n) is 6.04. The van der Waals surface area contributed by atoms with Crippen LogP contribution in [0, 0.1) is 5.92 Å². The van der Waals surface area contributed by atoms with Crippen molar-refractivity contribution in [3.05, 3.63) is 35.2 Å². The van der Waals surface area contributed by atoms with E-state index in [1.54, 1.807) is 0 Å². The van der Waals surface area contributed by atoms with Crippen LogP contribution in [0.25, 0.3) is 11.4 Å². The van der Waals surface area contributed by atoms with Crippen LogP contribution in [0.3, 0.4) is 0 Å². The minimum atomic E-state index is 0. The maximum Gasteiger partial charge on any atom is 0.244 e. The van der Waals surface area contributed by atoms with Crippen LogP contribution in [0.15, 0.2) is 28.8 Å². The molecular formula is C16H19Cl2N3O. The summed E-state index contributed by atoms with van der Waals surface area (Å²) in [4.78, 5) is 4.56. The van der Waals surface area contributed by atoms with Crippen LogP contribution in [0.4, 0.5) is 0 Å². The van der Waals surface area contributed by atoms with Gasteiger partial charge in [-0.05, 0) is 37.3 Å². The quantitative estimate of drug-likeness (QED) is 0.880. The fourth-order valence-electron chi connectivity index (χ4n) is 3.64. The first-order valence-corrected chi connectivity index (χ1v) is 8.03. The molecule has 22 heavy (non-hydrogen) atoms. The first-order chi connectivity index (χ1) is 10.3. The van der Waals surface area contributed by atoms with Gasteiger partial charge < -0.3 is 9.84 Å². The number of hydrogen-bond donors (Lipinski definition) is 1. The highest BCUT2D eigenvalue weighted by molar-refractivity contribution is 6.33. The standard InChI is InChI=1S/C16H18ClN3O.ClH/c17-12-7-3-2-6-11(12)15-19-16(21-20-15)14-9-10-5-1-4-8-13(10)18-14;/h2-3,6-7,10,13-14,18H,1,4-5,8-9H2;1H. The molecule has 0 spiro atoms. The monoisotopic (exact) mass is 339 g/mol. The molecule has 2 heterocycles. The van der Waals surface area contributed by atoms with Crippen LogP contribution in [-0.4, -0.2) is 16.2 Å². The van der Waals surface area contributed by atoms with Gasteiger partial charge in [-0.3, -0.25) is 0 Å². The summed E-state index contributed by atoms with van der Waals surface area (Å²) < 4.78 is 5.48. The van der Waals surface area contributed by atoms with Gasteiger partial charge in [0, 0.05) is 11.6 Å². The van der Waals surface area contributed by atoms with Crippen LogP contribution < -0.4 is 5.32 Å². The van der Waals surface area contributed by atoms with Crippen molar-refractivity contribution in [1.82, 2.24) is 15.5 Å². The number of halogens is 2. The van der Waals surface area contributed by atoms with Gasteiger partial charge in [0.1, 0.15) is 0 Å². The van der Waals surface area contributed by atoms with Crippen molar-refractivity contribution in [2.45, 2.75) is 44.2 Å². The first-order valence-electron chi connectivity index (χ1n) is 7.66. The van der Waals surface area contributed by atoms with E-state index in [2.05, 4.69) is 15.5 Å². The lowest BCUT2D eigenvalue weighted by Gasteiger charge is -2.24. The molecule has 1 aromatic carbocycles. The molecule has 1 N–H and O–H groups in total. The zero-order valence-corrected chi connectivity index (χ0v) is 13.7. The molecule has 118 valence electrons. The van der Waals surface area contributed by atoms with Crippen molar-refractivity contribution in [2.24, 2.45) is 5.92 Å². The number of nitrogens with zero attached hydrogens (tertiary/aromatic N) is 2. The number of fused-ring (bicyclic) bond motifs is 1. The van der Waals surface area contributed by atoms with E-state index in [-0.39, 0.29) is 18.4 Å². The predicted molar refractivity (Wildman–Crippen MR) is 88.2 cm³/mol. The summed E-state index contributed by atoms with van der Waals surface area (Å²) in [5.41, 5.74) is 0.824. The highest BCUT2D eigenvalue weighted by Crippen LogP contribution is 2.39. The van der Waals surface area contributed by atoms with E-state index in [0.29, 0.717) is 22.8 Å². The molecule has 0 radical (unpaired) electrons. The Morgan fingerprint density at radius 3 is 2.82 bits per heavy atom. The number of nitrogens with one attached hydrogen (secondary N) is 1. The molecule has 1 saturated heterocycles. The number of rotatable bonds is 2. The van der Waals surface area contributed by atoms with Crippen LogP contribution in [-0.2, 0) is 0 Å². The summed E-state index contributed by atoms with van der Waals surface area (Å²) in [6.07, 6.45) is 6.38. The van der Waals surface area contributed by atoms with Gasteiger partial charge in [0.25, 0.3) is 0 Å². The molecule has 3 unspecified atom stereocenters. The highest BCUT2D eigenvalue weighted by Gasteiger charge is 2.38. The Kier molecular flexibility index (Phi) is 4.71. The summed E-state index contributed by atoms with van der Waals surface area (Å²) in [6.45, 7) is 0. The molecule has 0 amide bonds. The highest BCUT2D eigenvalue weighted by atomic mass is 35.5. The Balaban J connectivity index is 0.00000144. The van der Waals surface area contributed by atoms with Crippen LogP contribution in [0.5, 0.6) is 0 Å². The van der Waals surface area contributed by atoms with Gasteiger partial charge in [-0.25, -0.2) is 0 Å². The SMILES string of the molecule is Cl.Clc1ccccc1-c1noc(C2CC3CCCCC3N2)n1. The Morgan fingerprint density at radius 1 is 1.18 bits per heavy atom. The van der Waals surface area contributed by atoms with Crippen LogP contribution >= 0.6 is 24.0 Å². The third kappa shape index (κ3) is 2.87. The smallest absolute Gasteiger partial charge is 0.244 e. The minimum Gasteiger partial charge on any atom is -0.337 e. The molecule has 0 bridgehead atoms. The van der Waals surface area contributed by atoms with Crippen molar-refractivity contribution >= 4 is 24.0 Å². The third-order valence-electron chi connectivity index (χ3n) is 4.72. The molecule has 3 atom stereocenters. The molecule has 1 aromatic heterocycles. The Hall–Kier alpha value is -1.10. The zero-order chi connectivity index (χ0) is 14.2. The van der Waals surface area contributed by atoms with Crippen molar-refractivity contribution in [3.63, 3.8) is 0 Å². The number of hydrogen-bond acceptors (Lipinski definition) is 4. The van der Waals surface area contributed by atoms with Gasteiger partial charge in [-0.2, -0.15) is 4.98 Å². The fourth-order valence-corrected chi connectivity index (χ4v) is 3.86. The molecular weight excluding hydrogens is 321 g/mol. The maximum absolute atomic E-state index is 6.19. The third-order valence-corrected chi connectivity index (χ3v) is 5.05. The molecule has 1 aliphatic carbocycles. The molecule has 4 nitrogen and oxygen atoms in total. The van der Waals surface area contributed by atoms with Crippen molar-refractivity contribution in [2.75, 3.05) is 0 Å². The second kappa shape index (κ2) is 6.57. The minimum absolute atomic E-state index is 0. The van der Waals surface area contributed by atoms with Gasteiger partial charge in [-0.1, -0.05) is 41.7 Å². The summed E-state index contributed by atoms with van der Waals surface area (Å²) in [5, 5.41) is 8.41. The summed E-state index contributed by atoms with van der Waals surface area (Å²) in [5.74, 6) is 2.03. The van der Waals surface area contributed by atoms with Crippen LogP contribution in [0.2, 0.25) is 5.02 Å². The Bertz CT molecular complexity index is 632. The average molecular weight is 340 g/mol. The molecule has 2 aromatic rings. The molecule has 6 heteroatoms. The molecule has 1 saturated carbocycles. The van der Waals surface area contributed by atoms with E-state index in [9.17, 15) is 0 Å². The Morgan fingerprint density at radius 2 is 2.00 bits per heavy atom. The van der Waals surface area contributed by atoms with E-state index >= 15 is 0 Å². The largest absolute Gasteiger partial charge is 0.337 e. The van der Waals surface area contributed by atoms with E-state index in [0.717, 1.165) is 17.9 Å². The van der Waals surface area contributed by atoms with E-state index < -0.39 is 0 Å². The lowest BCUT2D eigenvalue weighted by atomic mass is 9.85. The van der Waals surface area contributed by atoms with Crippen molar-refractivity contribution in [3.8, 4) is 11.4 Å². The predicted octanol–water partition coefficient (Wildman–Crippen LogP) is 4.41. The van der Waals surface area contributed by atoms with Gasteiger partial charge in [0.15, 0.2) is 0 Å². The van der Waals surface area contributed by atoms with Crippen LogP contribution in [0.1, 0.15) is 44.0 Å². The topological polar surface area (TPSA) is 51.0 Å². The van der Waals surface area contributed by atoms with Gasteiger partial charge in [0.2, 0.25) is 11.7 Å². The zero-order valence-electron chi connectivity index (χ0n) is 12.2. The van der Waals surface area contributed by atoms with E-state index in [1.165, 1.54) is 25.7 Å². The molecule has 2 fully saturated rings. The van der Waals surface area contributed by atoms with Crippen molar-refractivity contribution in [1.29, 1.82) is 0 Å². The lowest BCUT2D eigenvalue weighted by molar-refractivity contribution is 0.324. The molecule has 4 rings (SSSR count). The summed E-state index contributed by atoms with van der Waals surface area (Å²) >= 11 is 6.19. The second-order valence-corrected chi connectivity index (χ2v) is 6.45. The van der Waals surface area contributed by atoms with E-state index in [4.69, 9.17) is 16.1 Å². The molecule has 1 aliphatic heterocycles. The Labute approximate surface area is 141 Å². The van der Waals surface area contributed by atoms with Crippen molar-refractivity contribution < 1.29 is 4.52 Å². The molecule has 2 aliphatic rings. The normalized spacial score (nSPS) is 27.2. The maximum atomic E-state index is 6.19. The summed E-state index contributed by atoms with van der Waals surface area (Å²) in [6, 6.07) is 8.41. The fraction of sp³-hybridized carbons (Fsp3) is 0.500.